The Morgan fingerprint density at radius 1 is 0.355 bits per heavy atom. The van der Waals surface area contributed by atoms with Crippen molar-refractivity contribution in [2.24, 2.45) is 0 Å². The molecule has 189 valence electrons. The van der Waals surface area contributed by atoms with E-state index in [-0.39, 0.29) is 17.1 Å². The van der Waals surface area contributed by atoms with Crippen molar-refractivity contribution >= 4 is 40.1 Å². The van der Waals surface area contributed by atoms with Crippen molar-refractivity contribution in [1.29, 1.82) is 0 Å². The Morgan fingerprint density at radius 3 is 0.516 bits per heavy atom. The molecule has 0 aliphatic heterocycles. The molecular formula is C4H2F12MnN2O8S4+2. The molecule has 0 unspecified atom stereocenters. The largest absolute Gasteiger partial charge is 2.00 e. The average molecular weight is 617 g/mol. The van der Waals surface area contributed by atoms with Crippen molar-refractivity contribution in [3.8, 4) is 0 Å². The predicted octanol–water partition coefficient (Wildman–Crippen LogP) is 0.548. The van der Waals surface area contributed by atoms with Crippen LogP contribution in [0.1, 0.15) is 0 Å². The standard InChI is InChI=1S/2C2HF6NO4S2.Mn/c2*3-1(4,5)14(10,11)9-15(12,13)2(6,7)8;/h2*9H;/q;;+2. The van der Waals surface area contributed by atoms with E-state index in [4.69, 9.17) is 0 Å². The Labute approximate surface area is 174 Å². The van der Waals surface area contributed by atoms with E-state index in [1.165, 1.54) is 0 Å². The Balaban J connectivity index is -0.000000490. The zero-order valence-corrected chi connectivity index (χ0v) is 17.3. The summed E-state index contributed by atoms with van der Waals surface area (Å²) in [6.45, 7) is 0. The molecule has 0 heterocycles. The van der Waals surface area contributed by atoms with Crippen LogP contribution in [0.15, 0.2) is 0 Å². The van der Waals surface area contributed by atoms with Crippen LogP contribution < -0.4 is 8.25 Å². The zero-order chi connectivity index (χ0) is 25.4. The van der Waals surface area contributed by atoms with Gasteiger partial charge in [-0.05, 0) is 0 Å². The molecule has 0 rings (SSSR count). The molecule has 0 saturated carbocycles. The Kier molecular flexibility index (Phi) is 11.0. The molecule has 0 aliphatic carbocycles. The van der Waals surface area contributed by atoms with Gasteiger partial charge in [0, 0.05) is 0 Å². The van der Waals surface area contributed by atoms with Gasteiger partial charge in [-0.1, -0.05) is 8.25 Å². The minimum Gasteiger partial charge on any atom is -0.202 e. The van der Waals surface area contributed by atoms with Crippen molar-refractivity contribution in [2.45, 2.75) is 22.0 Å². The minimum absolute atomic E-state index is 0. The SMILES string of the molecule is O=S(=O)(NS(=O)(=O)C(F)(F)F)C(F)(F)F.O=S(=O)(NS(=O)(=O)C(F)(F)F)C(F)(F)F.[Mn+2]. The van der Waals surface area contributed by atoms with Gasteiger partial charge < -0.3 is 0 Å². The third-order valence-corrected chi connectivity index (χ3v) is 7.61. The van der Waals surface area contributed by atoms with Crippen molar-refractivity contribution in [2.75, 3.05) is 0 Å². The van der Waals surface area contributed by atoms with Gasteiger partial charge in [-0.15, -0.1) is 0 Å². The fourth-order valence-electron chi connectivity index (χ4n) is 0.478. The molecule has 0 fully saturated rings. The van der Waals surface area contributed by atoms with Crippen LogP contribution in [0, 0.1) is 0 Å². The van der Waals surface area contributed by atoms with Crippen molar-refractivity contribution < 1.29 is 103 Å². The van der Waals surface area contributed by atoms with E-state index in [9.17, 15) is 86.4 Å². The van der Waals surface area contributed by atoms with E-state index in [1.54, 1.807) is 0 Å². The minimum atomic E-state index is -6.60. The number of halogens is 12. The van der Waals surface area contributed by atoms with Gasteiger partial charge in [0.2, 0.25) is 0 Å². The number of sulfonamides is 4. The van der Waals surface area contributed by atoms with Crippen LogP contribution in [0.2, 0.25) is 0 Å². The summed E-state index contributed by atoms with van der Waals surface area (Å²) in [5.41, 5.74) is -24.6. The fourth-order valence-corrected chi connectivity index (χ4v) is 4.30. The monoisotopic (exact) mass is 617 g/mol. The van der Waals surface area contributed by atoms with Crippen LogP contribution in [0.4, 0.5) is 52.7 Å². The van der Waals surface area contributed by atoms with Crippen molar-refractivity contribution in [1.82, 2.24) is 8.25 Å². The van der Waals surface area contributed by atoms with Gasteiger partial charge in [0.05, 0.1) is 0 Å². The predicted molar refractivity (Wildman–Crippen MR) is 66.2 cm³/mol. The molecule has 2 N–H and O–H groups in total. The maximum absolute atomic E-state index is 11.5. The van der Waals surface area contributed by atoms with Gasteiger partial charge >= 0.3 is 79.2 Å². The summed E-state index contributed by atoms with van der Waals surface area (Å²) in [6, 6.07) is 0. The van der Waals surface area contributed by atoms with Crippen LogP contribution in [-0.2, 0) is 57.2 Å². The molecule has 0 bridgehead atoms. The van der Waals surface area contributed by atoms with Crippen LogP contribution in [0.25, 0.3) is 0 Å². The molecule has 0 atom stereocenters. The summed E-state index contributed by atoms with van der Waals surface area (Å²) in [4.78, 5) is 0. The third-order valence-electron chi connectivity index (χ3n) is 1.66. The molecular weight excluding hydrogens is 615 g/mol. The Hall–Kier alpha value is -0.601. The normalized spacial score (nSPS) is 14.8. The zero-order valence-electron chi connectivity index (χ0n) is 12.8. The van der Waals surface area contributed by atoms with E-state index in [0.29, 0.717) is 0 Å². The smallest absolute Gasteiger partial charge is 0.202 e. The molecule has 0 saturated heterocycles. The number of hydrogen-bond acceptors (Lipinski definition) is 8. The van der Waals surface area contributed by atoms with Gasteiger partial charge in [0.1, 0.15) is 0 Å². The first-order chi connectivity index (χ1) is 12.4. The third kappa shape index (κ3) is 9.82. The van der Waals surface area contributed by atoms with Gasteiger partial charge in [-0.25, -0.2) is 33.7 Å². The molecule has 10 nitrogen and oxygen atoms in total. The van der Waals surface area contributed by atoms with Crippen molar-refractivity contribution in [3.05, 3.63) is 0 Å². The van der Waals surface area contributed by atoms with Crippen LogP contribution in [-0.4, -0.2) is 55.7 Å². The van der Waals surface area contributed by atoms with Crippen LogP contribution in [0.3, 0.4) is 0 Å². The summed E-state index contributed by atoms with van der Waals surface area (Å²) in [6.07, 6.45) is 0. The van der Waals surface area contributed by atoms with E-state index in [2.05, 4.69) is 0 Å². The summed E-state index contributed by atoms with van der Waals surface area (Å²) >= 11 is 0. The quantitative estimate of drug-likeness (QED) is 0.342. The fraction of sp³-hybridized carbons (Fsp3) is 1.00. The second-order valence-corrected chi connectivity index (χ2v) is 11.2. The molecule has 31 heavy (non-hydrogen) atoms. The molecule has 1 radical (unpaired) electrons. The summed E-state index contributed by atoms with van der Waals surface area (Å²) in [7, 11) is -26.4. The van der Waals surface area contributed by atoms with Crippen LogP contribution in [0.5, 0.6) is 0 Å². The second kappa shape index (κ2) is 9.72. The van der Waals surface area contributed by atoms with E-state index in [1.807, 2.05) is 0 Å². The molecule has 0 spiro atoms. The van der Waals surface area contributed by atoms with Crippen LogP contribution >= 0.6 is 0 Å². The first-order valence-corrected chi connectivity index (χ1v) is 11.2. The number of alkyl halides is 12. The second-order valence-electron chi connectivity index (χ2n) is 3.96. The molecule has 0 aliphatic rings. The summed E-state index contributed by atoms with van der Waals surface area (Å²) in [5.74, 6) is 0. The molecule has 0 aromatic heterocycles. The van der Waals surface area contributed by atoms with E-state index >= 15 is 0 Å². The van der Waals surface area contributed by atoms with Gasteiger partial charge in [0.25, 0.3) is 0 Å². The average Bonchev–Trinajstić information content (AvgIpc) is 2.30. The molecule has 0 aromatic carbocycles. The number of hydrogen-bond donors (Lipinski definition) is 2. The van der Waals surface area contributed by atoms with E-state index in [0.717, 1.165) is 0 Å². The topological polar surface area (TPSA) is 161 Å². The molecule has 0 aromatic rings. The molecule has 0 amide bonds. The first kappa shape index (κ1) is 35.0. The van der Waals surface area contributed by atoms with Gasteiger partial charge in [-0.2, -0.15) is 52.7 Å². The van der Waals surface area contributed by atoms with Gasteiger partial charge in [-0.3, -0.25) is 0 Å². The summed E-state index contributed by atoms with van der Waals surface area (Å²) in [5, 5.41) is 0. The maximum Gasteiger partial charge on any atom is 2.00 e. The van der Waals surface area contributed by atoms with Gasteiger partial charge in [0.15, 0.2) is 0 Å². The Morgan fingerprint density at radius 2 is 0.452 bits per heavy atom. The maximum atomic E-state index is 11.5. The van der Waals surface area contributed by atoms with E-state index < -0.39 is 70.4 Å². The number of rotatable bonds is 4. The molecule has 27 heteroatoms. The Bertz CT molecular complexity index is 862. The first-order valence-electron chi connectivity index (χ1n) is 5.23. The van der Waals surface area contributed by atoms with Crippen molar-refractivity contribution in [3.63, 3.8) is 0 Å². The summed E-state index contributed by atoms with van der Waals surface area (Å²) < 4.78 is 217. The number of nitrogens with one attached hydrogen (secondary N) is 2.